The molecule has 0 radical (unpaired) electrons. The minimum absolute atomic E-state index is 0.0146. The Morgan fingerprint density at radius 2 is 2.00 bits per heavy atom. The molecular weight excluding hydrogens is 219 g/mol. The van der Waals surface area contributed by atoms with E-state index in [9.17, 15) is 9.18 Å². The molecule has 1 atom stereocenters. The van der Waals surface area contributed by atoms with Crippen molar-refractivity contribution in [3.05, 3.63) is 30.1 Å². The molecule has 0 aliphatic carbocycles. The Labute approximate surface area is 101 Å². The van der Waals surface area contributed by atoms with Crippen LogP contribution in [0.5, 0.6) is 0 Å². The van der Waals surface area contributed by atoms with Crippen LogP contribution in [0.25, 0.3) is 0 Å². The number of anilines is 1. The maximum atomic E-state index is 12.9. The summed E-state index contributed by atoms with van der Waals surface area (Å²) in [4.78, 5) is 11.6. The Morgan fingerprint density at radius 1 is 1.35 bits per heavy atom. The van der Waals surface area contributed by atoms with Crippen molar-refractivity contribution in [1.82, 2.24) is 5.32 Å². The highest BCUT2D eigenvalue weighted by Crippen LogP contribution is 2.18. The Kier molecular flexibility index (Phi) is 4.10. The molecule has 1 aromatic rings. The second-order valence-corrected chi connectivity index (χ2v) is 5.20. The van der Waals surface area contributed by atoms with Gasteiger partial charge in [0.2, 0.25) is 0 Å². The zero-order chi connectivity index (χ0) is 13.1. The van der Waals surface area contributed by atoms with Crippen molar-refractivity contribution in [2.24, 2.45) is 5.41 Å². The number of halogens is 1. The molecule has 1 aromatic carbocycles. The van der Waals surface area contributed by atoms with Crippen molar-refractivity contribution in [3.63, 3.8) is 0 Å². The van der Waals surface area contributed by atoms with E-state index in [0.29, 0.717) is 5.69 Å². The van der Waals surface area contributed by atoms with Gasteiger partial charge in [0, 0.05) is 11.7 Å². The normalized spacial score (nSPS) is 13.0. The maximum Gasteiger partial charge on any atom is 0.319 e. The van der Waals surface area contributed by atoms with E-state index in [-0.39, 0.29) is 23.3 Å². The summed E-state index contributed by atoms with van der Waals surface area (Å²) in [6, 6.07) is 5.51. The summed E-state index contributed by atoms with van der Waals surface area (Å²) in [6.45, 7) is 8.06. The number of hydrogen-bond donors (Lipinski definition) is 2. The molecule has 4 heteroatoms. The van der Waals surface area contributed by atoms with Crippen molar-refractivity contribution in [2.45, 2.75) is 33.7 Å². The van der Waals surface area contributed by atoms with Gasteiger partial charge in [-0.2, -0.15) is 0 Å². The Balaban J connectivity index is 2.56. The van der Waals surface area contributed by atoms with Crippen LogP contribution in [0.1, 0.15) is 27.7 Å². The topological polar surface area (TPSA) is 41.1 Å². The number of amides is 2. The Bertz CT molecular complexity index is 399. The van der Waals surface area contributed by atoms with Gasteiger partial charge in [-0.3, -0.25) is 0 Å². The van der Waals surface area contributed by atoms with Gasteiger partial charge >= 0.3 is 6.03 Å². The standard InChI is InChI=1S/C13H19FN2O/c1-9(13(2,3)4)15-12(17)16-11-7-5-6-10(14)8-11/h5-9H,1-4H3,(H2,15,16,17). The van der Waals surface area contributed by atoms with Crippen molar-refractivity contribution >= 4 is 11.7 Å². The minimum Gasteiger partial charge on any atom is -0.335 e. The van der Waals surface area contributed by atoms with Crippen LogP contribution in [-0.4, -0.2) is 12.1 Å². The highest BCUT2D eigenvalue weighted by molar-refractivity contribution is 5.89. The molecule has 0 heterocycles. The molecule has 3 nitrogen and oxygen atoms in total. The summed E-state index contributed by atoms with van der Waals surface area (Å²) >= 11 is 0. The summed E-state index contributed by atoms with van der Waals surface area (Å²) in [6.07, 6.45) is 0. The first-order chi connectivity index (χ1) is 7.79. The minimum atomic E-state index is -0.369. The van der Waals surface area contributed by atoms with Crippen LogP contribution < -0.4 is 10.6 Å². The molecule has 0 saturated carbocycles. The second kappa shape index (κ2) is 5.17. The van der Waals surface area contributed by atoms with Gasteiger partial charge in [0.05, 0.1) is 0 Å². The zero-order valence-corrected chi connectivity index (χ0v) is 10.7. The fourth-order valence-corrected chi connectivity index (χ4v) is 1.15. The molecule has 94 valence electrons. The summed E-state index contributed by atoms with van der Waals surface area (Å²) in [5, 5.41) is 5.41. The van der Waals surface area contributed by atoms with Gasteiger partial charge in [-0.05, 0) is 30.5 Å². The first-order valence-electron chi connectivity index (χ1n) is 5.62. The lowest BCUT2D eigenvalue weighted by Crippen LogP contribution is -2.43. The van der Waals surface area contributed by atoms with Crippen LogP contribution in [0, 0.1) is 11.2 Å². The van der Waals surface area contributed by atoms with Gasteiger partial charge < -0.3 is 10.6 Å². The van der Waals surface area contributed by atoms with E-state index in [1.807, 2.05) is 27.7 Å². The number of hydrogen-bond acceptors (Lipinski definition) is 1. The molecule has 0 spiro atoms. The third-order valence-electron chi connectivity index (χ3n) is 2.73. The predicted molar refractivity (Wildman–Crippen MR) is 67.5 cm³/mol. The van der Waals surface area contributed by atoms with E-state index >= 15 is 0 Å². The lowest BCUT2D eigenvalue weighted by molar-refractivity contribution is 0.233. The number of carbonyl (C=O) groups is 1. The van der Waals surface area contributed by atoms with E-state index in [4.69, 9.17) is 0 Å². The second-order valence-electron chi connectivity index (χ2n) is 5.20. The SMILES string of the molecule is CC(NC(=O)Nc1cccc(F)c1)C(C)(C)C. The van der Waals surface area contributed by atoms with Gasteiger partial charge in [0.1, 0.15) is 5.82 Å². The summed E-state index contributed by atoms with van der Waals surface area (Å²) < 4.78 is 12.9. The monoisotopic (exact) mass is 238 g/mol. The number of carbonyl (C=O) groups excluding carboxylic acids is 1. The first kappa shape index (κ1) is 13.5. The van der Waals surface area contributed by atoms with Crippen LogP contribution in [0.3, 0.4) is 0 Å². The number of nitrogens with one attached hydrogen (secondary N) is 2. The third-order valence-corrected chi connectivity index (χ3v) is 2.73. The van der Waals surface area contributed by atoms with Crippen LogP contribution in [0.15, 0.2) is 24.3 Å². The molecule has 0 saturated heterocycles. The molecule has 1 unspecified atom stereocenters. The quantitative estimate of drug-likeness (QED) is 0.814. The van der Waals surface area contributed by atoms with Crippen LogP contribution in [0.4, 0.5) is 14.9 Å². The predicted octanol–water partition coefficient (Wildman–Crippen LogP) is 3.38. The fraction of sp³-hybridized carbons (Fsp3) is 0.462. The van der Waals surface area contributed by atoms with E-state index in [0.717, 1.165) is 0 Å². The van der Waals surface area contributed by atoms with E-state index < -0.39 is 0 Å². The lowest BCUT2D eigenvalue weighted by atomic mass is 9.88. The molecule has 2 amide bonds. The fourth-order valence-electron chi connectivity index (χ4n) is 1.15. The van der Waals surface area contributed by atoms with Gasteiger partial charge in [-0.25, -0.2) is 9.18 Å². The molecule has 0 fully saturated rings. The van der Waals surface area contributed by atoms with E-state index in [1.54, 1.807) is 12.1 Å². The average molecular weight is 238 g/mol. The van der Waals surface area contributed by atoms with Crippen molar-refractivity contribution < 1.29 is 9.18 Å². The molecule has 0 aliphatic heterocycles. The summed E-state index contributed by atoms with van der Waals surface area (Å²) in [5.74, 6) is -0.369. The van der Waals surface area contributed by atoms with Gasteiger partial charge in [0.25, 0.3) is 0 Å². The molecule has 0 aromatic heterocycles. The van der Waals surface area contributed by atoms with E-state index in [1.165, 1.54) is 12.1 Å². The van der Waals surface area contributed by atoms with Crippen molar-refractivity contribution in [2.75, 3.05) is 5.32 Å². The van der Waals surface area contributed by atoms with Crippen LogP contribution in [-0.2, 0) is 0 Å². The Morgan fingerprint density at radius 3 is 2.53 bits per heavy atom. The zero-order valence-electron chi connectivity index (χ0n) is 10.7. The highest BCUT2D eigenvalue weighted by Gasteiger charge is 2.21. The summed E-state index contributed by atoms with van der Waals surface area (Å²) in [5.41, 5.74) is 0.433. The molecule has 17 heavy (non-hydrogen) atoms. The maximum absolute atomic E-state index is 12.9. The molecule has 2 N–H and O–H groups in total. The molecule has 0 aliphatic rings. The Hall–Kier alpha value is -1.58. The van der Waals surface area contributed by atoms with Crippen molar-refractivity contribution in [3.8, 4) is 0 Å². The summed E-state index contributed by atoms with van der Waals surface area (Å²) in [7, 11) is 0. The number of urea groups is 1. The molecule has 1 rings (SSSR count). The van der Waals surface area contributed by atoms with E-state index in [2.05, 4.69) is 10.6 Å². The van der Waals surface area contributed by atoms with Gasteiger partial charge in [-0.1, -0.05) is 26.8 Å². The molecule has 0 bridgehead atoms. The smallest absolute Gasteiger partial charge is 0.319 e. The number of rotatable bonds is 2. The molecular formula is C13H19FN2O. The number of benzene rings is 1. The van der Waals surface area contributed by atoms with Gasteiger partial charge in [0.15, 0.2) is 0 Å². The average Bonchev–Trinajstić information content (AvgIpc) is 2.15. The highest BCUT2D eigenvalue weighted by atomic mass is 19.1. The van der Waals surface area contributed by atoms with Gasteiger partial charge in [-0.15, -0.1) is 0 Å². The largest absolute Gasteiger partial charge is 0.335 e. The van der Waals surface area contributed by atoms with Crippen LogP contribution in [0.2, 0.25) is 0 Å². The first-order valence-corrected chi connectivity index (χ1v) is 5.62. The third kappa shape index (κ3) is 4.43. The lowest BCUT2D eigenvalue weighted by Gasteiger charge is -2.28. The van der Waals surface area contributed by atoms with Crippen molar-refractivity contribution in [1.29, 1.82) is 0 Å². The van der Waals surface area contributed by atoms with Crippen LogP contribution >= 0.6 is 0 Å².